The van der Waals surface area contributed by atoms with Crippen LogP contribution in [0.3, 0.4) is 0 Å². The molecule has 1 aliphatic rings. The Hall–Kier alpha value is -1.26. The van der Waals surface area contributed by atoms with Crippen molar-refractivity contribution in [2.45, 2.75) is 31.8 Å². The molecule has 0 saturated carbocycles. The summed E-state index contributed by atoms with van der Waals surface area (Å²) < 4.78 is 0. The molecule has 0 spiro atoms. The average molecular weight is 310 g/mol. The highest BCUT2D eigenvalue weighted by Gasteiger charge is 2.25. The lowest BCUT2D eigenvalue weighted by Gasteiger charge is -2.35. The van der Waals surface area contributed by atoms with E-state index in [1.165, 1.54) is 0 Å². The number of nitrogens with zero attached hydrogens (tertiary/aromatic N) is 2. The van der Waals surface area contributed by atoms with Gasteiger partial charge >= 0.3 is 6.03 Å². The largest absolute Gasteiger partial charge is 0.331 e. The van der Waals surface area contributed by atoms with E-state index >= 15 is 0 Å². The van der Waals surface area contributed by atoms with Crippen LogP contribution in [0.25, 0.3) is 0 Å². The third-order valence-corrected chi connectivity index (χ3v) is 4.61. The molecule has 0 aromatic heterocycles. The molecule has 1 saturated heterocycles. The highest BCUT2D eigenvalue weighted by Crippen LogP contribution is 2.22. The Balaban J connectivity index is 1.93. The third kappa shape index (κ3) is 4.11. The maximum Gasteiger partial charge on any atom is 0.317 e. The van der Waals surface area contributed by atoms with Crippen molar-refractivity contribution in [1.29, 1.82) is 0 Å². The molecular formula is C16H24ClN3O. The maximum atomic E-state index is 12.4. The lowest BCUT2D eigenvalue weighted by atomic mass is 10.0. The number of carbonyl (C=O) groups is 1. The van der Waals surface area contributed by atoms with E-state index in [4.69, 9.17) is 11.6 Å². The maximum absolute atomic E-state index is 12.4. The molecule has 0 bridgehead atoms. The molecule has 0 radical (unpaired) electrons. The lowest BCUT2D eigenvalue weighted by molar-refractivity contribution is 0.146. The Morgan fingerprint density at radius 2 is 2.00 bits per heavy atom. The molecule has 1 heterocycles. The molecule has 4 nitrogen and oxygen atoms in total. The minimum absolute atomic E-state index is 0.0306. The van der Waals surface area contributed by atoms with Crippen LogP contribution in [0.1, 0.15) is 31.4 Å². The first-order chi connectivity index (χ1) is 9.99. The van der Waals surface area contributed by atoms with Crippen LogP contribution >= 0.6 is 11.6 Å². The van der Waals surface area contributed by atoms with Gasteiger partial charge in [0, 0.05) is 18.1 Å². The first kappa shape index (κ1) is 16.1. The molecule has 1 aliphatic heterocycles. The molecule has 2 rings (SSSR count). The van der Waals surface area contributed by atoms with Crippen LogP contribution in [-0.2, 0) is 0 Å². The van der Waals surface area contributed by atoms with Gasteiger partial charge in [0.1, 0.15) is 0 Å². The first-order valence-electron chi connectivity index (χ1n) is 7.45. The van der Waals surface area contributed by atoms with Crippen molar-refractivity contribution in [3.63, 3.8) is 0 Å². The van der Waals surface area contributed by atoms with Crippen molar-refractivity contribution in [3.8, 4) is 0 Å². The molecule has 116 valence electrons. The topological polar surface area (TPSA) is 35.6 Å². The van der Waals surface area contributed by atoms with Gasteiger partial charge in [-0.2, -0.15) is 0 Å². The monoisotopic (exact) mass is 309 g/mol. The zero-order chi connectivity index (χ0) is 15.4. The SMILES string of the molecule is CC(NC(=O)N(C)C1CCN(C)CC1)c1ccccc1Cl. The molecule has 1 N–H and O–H groups in total. The molecule has 1 aromatic rings. The Kier molecular flexibility index (Phi) is 5.48. The summed E-state index contributed by atoms with van der Waals surface area (Å²) in [5, 5.41) is 3.72. The molecule has 1 atom stereocenters. The van der Waals surface area contributed by atoms with Crippen LogP contribution in [0.15, 0.2) is 24.3 Å². The summed E-state index contributed by atoms with van der Waals surface area (Å²) in [7, 11) is 4.00. The minimum atomic E-state index is -0.0973. The highest BCUT2D eigenvalue weighted by atomic mass is 35.5. The second-order valence-electron chi connectivity index (χ2n) is 5.84. The number of benzene rings is 1. The molecule has 5 heteroatoms. The highest BCUT2D eigenvalue weighted by molar-refractivity contribution is 6.31. The Morgan fingerprint density at radius 1 is 1.38 bits per heavy atom. The van der Waals surface area contributed by atoms with E-state index in [2.05, 4.69) is 17.3 Å². The summed E-state index contributed by atoms with van der Waals surface area (Å²) in [5.41, 5.74) is 0.948. The van der Waals surface area contributed by atoms with Gasteiger partial charge < -0.3 is 15.1 Å². The number of nitrogens with one attached hydrogen (secondary N) is 1. The molecule has 0 aliphatic carbocycles. The van der Waals surface area contributed by atoms with Gasteiger partial charge in [0.05, 0.1) is 6.04 Å². The molecular weight excluding hydrogens is 286 g/mol. The van der Waals surface area contributed by atoms with E-state index in [1.54, 1.807) is 0 Å². The van der Waals surface area contributed by atoms with Gasteiger partial charge in [0.25, 0.3) is 0 Å². The molecule has 21 heavy (non-hydrogen) atoms. The van der Waals surface area contributed by atoms with Crippen molar-refractivity contribution in [2.75, 3.05) is 27.2 Å². The zero-order valence-corrected chi connectivity index (χ0v) is 13.7. The number of likely N-dealkylation sites (tertiary alicyclic amines) is 1. The number of amides is 2. The second kappa shape index (κ2) is 7.14. The normalized spacial score (nSPS) is 18.3. The third-order valence-electron chi connectivity index (χ3n) is 4.27. The number of urea groups is 1. The summed E-state index contributed by atoms with van der Waals surface area (Å²) in [4.78, 5) is 16.5. The van der Waals surface area contributed by atoms with Crippen LogP contribution in [0.5, 0.6) is 0 Å². The fourth-order valence-corrected chi connectivity index (χ4v) is 3.04. The number of hydrogen-bond acceptors (Lipinski definition) is 2. The van der Waals surface area contributed by atoms with E-state index in [-0.39, 0.29) is 12.1 Å². The second-order valence-corrected chi connectivity index (χ2v) is 6.25. The van der Waals surface area contributed by atoms with E-state index in [1.807, 2.05) is 43.1 Å². The summed E-state index contributed by atoms with van der Waals surface area (Å²) in [6.07, 6.45) is 2.06. The summed E-state index contributed by atoms with van der Waals surface area (Å²) in [5.74, 6) is 0. The Labute approximate surface area is 132 Å². The van der Waals surface area contributed by atoms with E-state index in [9.17, 15) is 4.79 Å². The predicted molar refractivity (Wildman–Crippen MR) is 86.7 cm³/mol. The number of halogens is 1. The number of hydrogen-bond donors (Lipinski definition) is 1. The van der Waals surface area contributed by atoms with Gasteiger partial charge in [-0.05, 0) is 51.5 Å². The van der Waals surface area contributed by atoms with Gasteiger partial charge in [-0.1, -0.05) is 29.8 Å². The van der Waals surface area contributed by atoms with E-state index in [0.717, 1.165) is 31.5 Å². The molecule has 1 unspecified atom stereocenters. The first-order valence-corrected chi connectivity index (χ1v) is 7.83. The molecule has 2 amide bonds. The minimum Gasteiger partial charge on any atom is -0.331 e. The van der Waals surface area contributed by atoms with Crippen LogP contribution in [0, 0.1) is 0 Å². The summed E-state index contributed by atoms with van der Waals surface area (Å²) in [6.45, 7) is 4.05. The van der Waals surface area contributed by atoms with E-state index in [0.29, 0.717) is 11.1 Å². The zero-order valence-electron chi connectivity index (χ0n) is 13.0. The van der Waals surface area contributed by atoms with Crippen molar-refractivity contribution < 1.29 is 4.79 Å². The summed E-state index contributed by atoms with van der Waals surface area (Å²) >= 11 is 6.18. The van der Waals surface area contributed by atoms with Crippen molar-refractivity contribution in [2.24, 2.45) is 0 Å². The van der Waals surface area contributed by atoms with Crippen LogP contribution in [0.2, 0.25) is 5.02 Å². The predicted octanol–water partition coefficient (Wildman–Crippen LogP) is 3.14. The van der Waals surface area contributed by atoms with Crippen LogP contribution in [-0.4, -0.2) is 49.1 Å². The van der Waals surface area contributed by atoms with Gasteiger partial charge in [-0.25, -0.2) is 4.79 Å². The number of piperidine rings is 1. The molecule has 1 aromatic carbocycles. The van der Waals surface area contributed by atoms with Gasteiger partial charge in [-0.3, -0.25) is 0 Å². The summed E-state index contributed by atoms with van der Waals surface area (Å²) in [6, 6.07) is 7.81. The van der Waals surface area contributed by atoms with Gasteiger partial charge in [-0.15, -0.1) is 0 Å². The van der Waals surface area contributed by atoms with Gasteiger partial charge in [0.2, 0.25) is 0 Å². The van der Waals surface area contributed by atoms with Gasteiger partial charge in [0.15, 0.2) is 0 Å². The quantitative estimate of drug-likeness (QED) is 0.931. The fraction of sp³-hybridized carbons (Fsp3) is 0.562. The number of carbonyl (C=O) groups excluding carboxylic acids is 1. The number of rotatable bonds is 3. The van der Waals surface area contributed by atoms with Crippen LogP contribution in [0.4, 0.5) is 4.79 Å². The fourth-order valence-electron chi connectivity index (χ4n) is 2.74. The van der Waals surface area contributed by atoms with Crippen molar-refractivity contribution >= 4 is 17.6 Å². The standard InChI is InChI=1S/C16H24ClN3O/c1-12(14-6-4-5-7-15(14)17)18-16(21)20(3)13-8-10-19(2)11-9-13/h4-7,12-13H,8-11H2,1-3H3,(H,18,21). The Bertz CT molecular complexity index is 486. The average Bonchev–Trinajstić information content (AvgIpc) is 2.47. The smallest absolute Gasteiger partial charge is 0.317 e. The lowest BCUT2D eigenvalue weighted by Crippen LogP contribution is -2.48. The van der Waals surface area contributed by atoms with Crippen LogP contribution < -0.4 is 5.32 Å². The van der Waals surface area contributed by atoms with E-state index < -0.39 is 0 Å². The molecule has 1 fully saturated rings. The Morgan fingerprint density at radius 3 is 2.62 bits per heavy atom. The van der Waals surface area contributed by atoms with Crippen molar-refractivity contribution in [3.05, 3.63) is 34.9 Å². The van der Waals surface area contributed by atoms with Crippen molar-refractivity contribution in [1.82, 2.24) is 15.1 Å².